The van der Waals surface area contributed by atoms with Gasteiger partial charge in [0.25, 0.3) is 5.91 Å². The molecule has 5 nitrogen and oxygen atoms in total. The summed E-state index contributed by atoms with van der Waals surface area (Å²) in [6.07, 6.45) is 3.11. The van der Waals surface area contributed by atoms with Gasteiger partial charge in [0.2, 0.25) is 5.91 Å². The number of hydrogen-bond acceptors (Lipinski definition) is 4. The normalized spacial score (nSPS) is 10.3. The zero-order chi connectivity index (χ0) is 15.9. The summed E-state index contributed by atoms with van der Waals surface area (Å²) >= 11 is 4.87. The molecular formula is C15H16BrN3O2S. The average molecular weight is 382 g/mol. The molecule has 0 aromatic carbocycles. The van der Waals surface area contributed by atoms with E-state index in [1.54, 1.807) is 23.6 Å². The summed E-state index contributed by atoms with van der Waals surface area (Å²) in [4.78, 5) is 30.9. The van der Waals surface area contributed by atoms with Gasteiger partial charge in [-0.15, -0.1) is 11.3 Å². The molecule has 2 heterocycles. The first-order valence-corrected chi connectivity index (χ1v) is 8.46. The van der Waals surface area contributed by atoms with Crippen molar-refractivity contribution in [2.75, 3.05) is 13.1 Å². The number of amides is 2. The van der Waals surface area contributed by atoms with Gasteiger partial charge in [0, 0.05) is 28.3 Å². The number of likely N-dealkylation sites (N-methyl/N-ethyl adjacent to an activating group) is 1. The zero-order valence-corrected chi connectivity index (χ0v) is 14.5. The van der Waals surface area contributed by atoms with Gasteiger partial charge in [0.1, 0.15) is 0 Å². The van der Waals surface area contributed by atoms with Crippen molar-refractivity contribution < 1.29 is 9.59 Å². The summed E-state index contributed by atoms with van der Waals surface area (Å²) in [5.41, 5.74) is 0.460. The Hall–Kier alpha value is -1.73. The third-order valence-electron chi connectivity index (χ3n) is 3.00. The van der Waals surface area contributed by atoms with Crippen LogP contribution in [-0.4, -0.2) is 34.8 Å². The third kappa shape index (κ3) is 4.64. The van der Waals surface area contributed by atoms with Crippen molar-refractivity contribution in [1.82, 2.24) is 15.2 Å². The van der Waals surface area contributed by atoms with Crippen molar-refractivity contribution in [3.63, 3.8) is 0 Å². The number of hydrogen-bond donors (Lipinski definition) is 1. The number of pyridine rings is 1. The number of aromatic nitrogens is 1. The number of thiophene rings is 1. The van der Waals surface area contributed by atoms with Crippen LogP contribution in [0, 0.1) is 0 Å². The van der Waals surface area contributed by atoms with Gasteiger partial charge < -0.3 is 10.2 Å². The van der Waals surface area contributed by atoms with E-state index in [2.05, 4.69) is 26.2 Å². The Morgan fingerprint density at radius 3 is 2.86 bits per heavy atom. The minimum absolute atomic E-state index is 0.0349. The molecule has 0 aliphatic carbocycles. The number of nitrogens with one attached hydrogen (secondary N) is 1. The van der Waals surface area contributed by atoms with Crippen molar-refractivity contribution in [1.29, 1.82) is 0 Å². The monoisotopic (exact) mass is 381 g/mol. The van der Waals surface area contributed by atoms with Crippen LogP contribution in [0.15, 0.2) is 40.4 Å². The molecule has 2 rings (SSSR count). The van der Waals surface area contributed by atoms with Crippen molar-refractivity contribution in [3.05, 3.63) is 50.9 Å². The first kappa shape index (κ1) is 16.6. The summed E-state index contributed by atoms with van der Waals surface area (Å²) < 4.78 is 0.733. The highest BCUT2D eigenvalue weighted by molar-refractivity contribution is 9.10. The highest BCUT2D eigenvalue weighted by atomic mass is 79.9. The van der Waals surface area contributed by atoms with Crippen molar-refractivity contribution >= 4 is 39.1 Å². The molecule has 0 radical (unpaired) electrons. The number of rotatable bonds is 6. The van der Waals surface area contributed by atoms with E-state index < -0.39 is 0 Å². The summed E-state index contributed by atoms with van der Waals surface area (Å²) in [5.74, 6) is -0.380. The number of carbonyl (C=O) groups excluding carboxylic acids is 2. The van der Waals surface area contributed by atoms with Gasteiger partial charge in [0.15, 0.2) is 0 Å². The second kappa shape index (κ2) is 8.05. The lowest BCUT2D eigenvalue weighted by Gasteiger charge is -2.20. The molecule has 0 saturated heterocycles. The summed E-state index contributed by atoms with van der Waals surface area (Å²) in [7, 11) is 0. The van der Waals surface area contributed by atoms with Crippen LogP contribution in [0.1, 0.15) is 22.2 Å². The standard InChI is InChI=1S/C15H16BrN3O2S/c1-2-19(15(21)11-6-12(16)8-17-7-11)10-14(20)18-9-13-4-3-5-22-13/h3-8H,2,9-10H2,1H3,(H,18,20). The molecule has 0 saturated carbocycles. The Kier molecular flexibility index (Phi) is 6.09. The molecule has 0 spiro atoms. The summed E-state index contributed by atoms with van der Waals surface area (Å²) in [6.45, 7) is 2.82. The first-order chi connectivity index (χ1) is 10.6. The fraction of sp³-hybridized carbons (Fsp3) is 0.267. The highest BCUT2D eigenvalue weighted by Gasteiger charge is 2.17. The zero-order valence-electron chi connectivity index (χ0n) is 12.1. The maximum atomic E-state index is 12.4. The number of carbonyl (C=O) groups is 2. The Balaban J connectivity index is 1.93. The Bertz CT molecular complexity index is 646. The van der Waals surface area contributed by atoms with E-state index in [0.717, 1.165) is 9.35 Å². The van der Waals surface area contributed by atoms with Crippen molar-refractivity contribution in [3.8, 4) is 0 Å². The van der Waals surface area contributed by atoms with Gasteiger partial charge >= 0.3 is 0 Å². The highest BCUT2D eigenvalue weighted by Crippen LogP contribution is 2.12. The van der Waals surface area contributed by atoms with Crippen LogP contribution in [0.2, 0.25) is 0 Å². The average Bonchev–Trinajstić information content (AvgIpc) is 3.03. The van der Waals surface area contributed by atoms with Crippen LogP contribution >= 0.6 is 27.3 Å². The van der Waals surface area contributed by atoms with Crippen LogP contribution in [0.4, 0.5) is 0 Å². The fourth-order valence-corrected chi connectivity index (χ4v) is 2.88. The lowest BCUT2D eigenvalue weighted by molar-refractivity contribution is -0.121. The first-order valence-electron chi connectivity index (χ1n) is 6.79. The van der Waals surface area contributed by atoms with E-state index in [4.69, 9.17) is 0 Å². The van der Waals surface area contributed by atoms with Crippen LogP contribution in [-0.2, 0) is 11.3 Å². The largest absolute Gasteiger partial charge is 0.350 e. The lowest BCUT2D eigenvalue weighted by Crippen LogP contribution is -2.40. The molecule has 0 aliphatic rings. The molecule has 0 bridgehead atoms. The predicted molar refractivity (Wildman–Crippen MR) is 89.7 cm³/mol. The summed E-state index contributed by atoms with van der Waals surface area (Å²) in [5, 5.41) is 4.78. The molecule has 2 aromatic heterocycles. The van der Waals surface area contributed by atoms with E-state index in [1.807, 2.05) is 24.4 Å². The molecule has 22 heavy (non-hydrogen) atoms. The van der Waals surface area contributed by atoms with Crippen molar-refractivity contribution in [2.24, 2.45) is 0 Å². The van der Waals surface area contributed by atoms with Gasteiger partial charge in [-0.3, -0.25) is 14.6 Å². The molecule has 0 atom stereocenters. The topological polar surface area (TPSA) is 62.3 Å². The van der Waals surface area contributed by atoms with E-state index in [9.17, 15) is 9.59 Å². The molecule has 0 fully saturated rings. The van der Waals surface area contributed by atoms with Crippen LogP contribution in [0.3, 0.4) is 0 Å². The maximum Gasteiger partial charge on any atom is 0.255 e. The summed E-state index contributed by atoms with van der Waals surface area (Å²) in [6, 6.07) is 5.59. The maximum absolute atomic E-state index is 12.4. The Labute approximate surface area is 141 Å². The molecular weight excluding hydrogens is 366 g/mol. The molecule has 0 aliphatic heterocycles. The SMILES string of the molecule is CCN(CC(=O)NCc1cccs1)C(=O)c1cncc(Br)c1. The quantitative estimate of drug-likeness (QED) is 0.836. The minimum Gasteiger partial charge on any atom is -0.350 e. The molecule has 2 amide bonds. The van der Waals surface area contributed by atoms with E-state index in [0.29, 0.717) is 18.7 Å². The van der Waals surface area contributed by atoms with Crippen LogP contribution in [0.5, 0.6) is 0 Å². The van der Waals surface area contributed by atoms with E-state index in [-0.39, 0.29) is 18.4 Å². The van der Waals surface area contributed by atoms with E-state index >= 15 is 0 Å². The van der Waals surface area contributed by atoms with Gasteiger partial charge in [-0.2, -0.15) is 0 Å². The predicted octanol–water partition coefficient (Wildman–Crippen LogP) is 2.68. The number of halogens is 1. The second-order valence-electron chi connectivity index (χ2n) is 4.57. The van der Waals surface area contributed by atoms with E-state index in [1.165, 1.54) is 11.1 Å². The smallest absolute Gasteiger partial charge is 0.255 e. The van der Waals surface area contributed by atoms with Gasteiger partial charge in [-0.25, -0.2) is 0 Å². The lowest BCUT2D eigenvalue weighted by atomic mass is 10.2. The molecule has 2 aromatic rings. The van der Waals surface area contributed by atoms with Gasteiger partial charge in [-0.1, -0.05) is 6.07 Å². The molecule has 116 valence electrons. The molecule has 0 unspecified atom stereocenters. The minimum atomic E-state index is -0.206. The van der Waals surface area contributed by atoms with Crippen LogP contribution < -0.4 is 5.32 Å². The fourth-order valence-electron chi connectivity index (χ4n) is 1.87. The molecule has 7 heteroatoms. The number of nitrogens with zero attached hydrogens (tertiary/aromatic N) is 2. The van der Waals surface area contributed by atoms with Gasteiger partial charge in [0.05, 0.1) is 18.7 Å². The second-order valence-corrected chi connectivity index (χ2v) is 6.52. The Morgan fingerprint density at radius 2 is 2.23 bits per heavy atom. The molecule has 1 N–H and O–H groups in total. The third-order valence-corrected chi connectivity index (χ3v) is 4.31. The van der Waals surface area contributed by atoms with Crippen LogP contribution in [0.25, 0.3) is 0 Å². The van der Waals surface area contributed by atoms with Crippen molar-refractivity contribution in [2.45, 2.75) is 13.5 Å². The van der Waals surface area contributed by atoms with Gasteiger partial charge in [-0.05, 0) is 40.4 Å². The Morgan fingerprint density at radius 1 is 1.41 bits per heavy atom.